The van der Waals surface area contributed by atoms with Crippen LogP contribution in [-0.2, 0) is 28.6 Å². The maximum atomic E-state index is 12.8. The first-order valence-electron chi connectivity index (χ1n) is 25.3. The van der Waals surface area contributed by atoms with E-state index in [0.717, 1.165) is 89.9 Å². The quantitative estimate of drug-likeness (QED) is 0.0200. The van der Waals surface area contributed by atoms with Crippen LogP contribution >= 0.6 is 0 Å². The van der Waals surface area contributed by atoms with Gasteiger partial charge in [-0.2, -0.15) is 0 Å². The maximum Gasteiger partial charge on any atom is 0.306 e. The molecule has 0 fully saturated rings. The van der Waals surface area contributed by atoms with Crippen LogP contribution in [-0.4, -0.2) is 37.2 Å². The third-order valence-electron chi connectivity index (χ3n) is 10.8. The van der Waals surface area contributed by atoms with Gasteiger partial charge in [-0.15, -0.1) is 0 Å². The summed E-state index contributed by atoms with van der Waals surface area (Å²) < 4.78 is 16.7. The number of hydrogen-bond acceptors (Lipinski definition) is 6. The number of allylic oxidation sites excluding steroid dienone is 10. The Balaban J connectivity index is 4.42. The van der Waals surface area contributed by atoms with Crippen molar-refractivity contribution in [1.29, 1.82) is 0 Å². The van der Waals surface area contributed by atoms with Gasteiger partial charge in [-0.1, -0.05) is 197 Å². The molecule has 0 saturated heterocycles. The largest absolute Gasteiger partial charge is 0.462 e. The lowest BCUT2D eigenvalue weighted by molar-refractivity contribution is -0.167. The van der Waals surface area contributed by atoms with Crippen LogP contribution in [0.1, 0.15) is 245 Å². The molecule has 6 nitrogen and oxygen atoms in total. The van der Waals surface area contributed by atoms with Gasteiger partial charge in [-0.25, -0.2) is 0 Å². The summed E-state index contributed by atoms with van der Waals surface area (Å²) in [6.45, 7) is 6.51. The highest BCUT2D eigenvalue weighted by molar-refractivity contribution is 5.71. The molecule has 1 atom stereocenters. The van der Waals surface area contributed by atoms with E-state index in [9.17, 15) is 14.4 Å². The van der Waals surface area contributed by atoms with Gasteiger partial charge in [-0.3, -0.25) is 14.4 Å². The summed E-state index contributed by atoms with van der Waals surface area (Å²) in [6.07, 6.45) is 59.1. The molecule has 0 rings (SSSR count). The lowest BCUT2D eigenvalue weighted by Gasteiger charge is -2.18. The Kier molecular flexibility index (Phi) is 46.4. The Morgan fingerprint density at radius 1 is 0.333 bits per heavy atom. The zero-order valence-electron chi connectivity index (χ0n) is 39.5. The first-order valence-corrected chi connectivity index (χ1v) is 25.3. The van der Waals surface area contributed by atoms with Gasteiger partial charge < -0.3 is 14.2 Å². The Morgan fingerprint density at radius 2 is 0.617 bits per heavy atom. The minimum Gasteiger partial charge on any atom is -0.462 e. The normalized spacial score (nSPS) is 12.5. The van der Waals surface area contributed by atoms with Crippen LogP contribution in [0, 0.1) is 0 Å². The molecule has 0 spiro atoms. The van der Waals surface area contributed by atoms with E-state index >= 15 is 0 Å². The summed E-state index contributed by atoms with van der Waals surface area (Å²) in [5.41, 5.74) is 0. The molecule has 0 aliphatic heterocycles. The SMILES string of the molecule is CCCC/C=C\C=C/CCCCCC(=O)OCC(COC(=O)CCCCCCC/C=C\CCCCCCCCC)OC(=O)CCCCCCCC/C=C\C=C/CCCCC. The van der Waals surface area contributed by atoms with Crippen LogP contribution in [0.4, 0.5) is 0 Å². The summed E-state index contributed by atoms with van der Waals surface area (Å²) in [7, 11) is 0. The maximum absolute atomic E-state index is 12.8. The topological polar surface area (TPSA) is 78.9 Å². The van der Waals surface area contributed by atoms with Crippen LogP contribution in [0.25, 0.3) is 0 Å². The summed E-state index contributed by atoms with van der Waals surface area (Å²) in [5, 5.41) is 0. The molecular formula is C54H94O6. The Labute approximate surface area is 370 Å². The second-order valence-corrected chi connectivity index (χ2v) is 16.8. The number of carbonyl (C=O) groups is 3. The number of ether oxygens (including phenoxy) is 3. The van der Waals surface area contributed by atoms with Crippen molar-refractivity contribution in [3.05, 3.63) is 60.8 Å². The summed E-state index contributed by atoms with van der Waals surface area (Å²) >= 11 is 0. The number of carbonyl (C=O) groups excluding carboxylic acids is 3. The van der Waals surface area contributed by atoms with E-state index in [0.29, 0.717) is 19.3 Å². The molecule has 0 aromatic heterocycles. The molecule has 0 saturated carbocycles. The van der Waals surface area contributed by atoms with Gasteiger partial charge in [0.2, 0.25) is 0 Å². The zero-order chi connectivity index (χ0) is 43.7. The smallest absolute Gasteiger partial charge is 0.306 e. The predicted molar refractivity (Wildman–Crippen MR) is 256 cm³/mol. The lowest BCUT2D eigenvalue weighted by Crippen LogP contribution is -2.30. The Morgan fingerprint density at radius 3 is 1.03 bits per heavy atom. The first kappa shape index (κ1) is 57.1. The van der Waals surface area contributed by atoms with E-state index < -0.39 is 6.10 Å². The molecule has 60 heavy (non-hydrogen) atoms. The fourth-order valence-corrected chi connectivity index (χ4v) is 6.87. The van der Waals surface area contributed by atoms with E-state index in [1.165, 1.54) is 116 Å². The van der Waals surface area contributed by atoms with Crippen LogP contribution in [0.3, 0.4) is 0 Å². The molecule has 1 unspecified atom stereocenters. The number of unbranched alkanes of at least 4 members (excludes halogenated alkanes) is 26. The average Bonchev–Trinajstić information content (AvgIpc) is 3.24. The summed E-state index contributed by atoms with van der Waals surface area (Å²) in [5.74, 6) is -0.939. The van der Waals surface area contributed by atoms with Crippen molar-refractivity contribution in [2.75, 3.05) is 13.2 Å². The van der Waals surface area contributed by atoms with Crippen LogP contribution < -0.4 is 0 Å². The second-order valence-electron chi connectivity index (χ2n) is 16.8. The third-order valence-corrected chi connectivity index (χ3v) is 10.8. The van der Waals surface area contributed by atoms with Crippen LogP contribution in [0.15, 0.2) is 60.8 Å². The van der Waals surface area contributed by atoms with E-state index in [1.54, 1.807) is 0 Å². The van der Waals surface area contributed by atoms with Gasteiger partial charge in [0.15, 0.2) is 6.10 Å². The molecule has 0 radical (unpaired) electrons. The van der Waals surface area contributed by atoms with Gasteiger partial charge in [0.1, 0.15) is 13.2 Å². The van der Waals surface area contributed by atoms with Gasteiger partial charge in [-0.05, 0) is 89.9 Å². The van der Waals surface area contributed by atoms with Gasteiger partial charge in [0.25, 0.3) is 0 Å². The zero-order valence-corrected chi connectivity index (χ0v) is 39.5. The monoisotopic (exact) mass is 839 g/mol. The number of hydrogen-bond donors (Lipinski definition) is 0. The minimum absolute atomic E-state index is 0.0919. The van der Waals surface area contributed by atoms with Crippen molar-refractivity contribution >= 4 is 17.9 Å². The fourth-order valence-electron chi connectivity index (χ4n) is 6.87. The van der Waals surface area contributed by atoms with Crippen molar-refractivity contribution in [3.63, 3.8) is 0 Å². The molecule has 0 N–H and O–H groups in total. The molecular weight excluding hydrogens is 745 g/mol. The third kappa shape index (κ3) is 46.2. The lowest BCUT2D eigenvalue weighted by atomic mass is 10.1. The molecule has 0 aliphatic carbocycles. The molecule has 0 aromatic rings. The average molecular weight is 839 g/mol. The van der Waals surface area contributed by atoms with E-state index in [1.807, 2.05) is 0 Å². The molecule has 0 aliphatic rings. The molecule has 0 amide bonds. The number of esters is 3. The standard InChI is InChI=1S/C54H94O6/c1-4-7-10-13-16-19-22-24-26-28-29-32-35-38-41-44-47-53(56)59-50-51(49-58-52(55)46-43-40-37-34-31-21-18-15-12-9-6-3)60-54(57)48-45-42-39-36-33-30-27-25-23-20-17-14-11-8-5-2/h15,17-18,20-21,23,25-26,28,31,51H,4-14,16,19,22,24,27,29-30,32-50H2,1-3H3/b18-15-,20-17-,25-23-,28-26-,31-21-. The van der Waals surface area contributed by atoms with Crippen molar-refractivity contribution < 1.29 is 28.6 Å². The van der Waals surface area contributed by atoms with Crippen LogP contribution in [0.5, 0.6) is 0 Å². The highest BCUT2D eigenvalue weighted by Gasteiger charge is 2.19. The summed E-state index contributed by atoms with van der Waals surface area (Å²) in [6, 6.07) is 0. The highest BCUT2D eigenvalue weighted by Crippen LogP contribution is 2.14. The molecule has 0 aromatic carbocycles. The van der Waals surface area contributed by atoms with E-state index in [-0.39, 0.29) is 31.1 Å². The molecule has 0 bridgehead atoms. The predicted octanol–water partition coefficient (Wildman–Crippen LogP) is 16.5. The molecule has 6 heteroatoms. The molecule has 0 heterocycles. The minimum atomic E-state index is -0.793. The van der Waals surface area contributed by atoms with E-state index in [2.05, 4.69) is 81.5 Å². The van der Waals surface area contributed by atoms with Crippen molar-refractivity contribution in [2.45, 2.75) is 252 Å². The number of rotatable bonds is 45. The Hall–Kier alpha value is -2.89. The van der Waals surface area contributed by atoms with Crippen molar-refractivity contribution in [2.24, 2.45) is 0 Å². The highest BCUT2D eigenvalue weighted by atomic mass is 16.6. The Bertz CT molecular complexity index is 1100. The van der Waals surface area contributed by atoms with Gasteiger partial charge in [0.05, 0.1) is 0 Å². The van der Waals surface area contributed by atoms with Gasteiger partial charge >= 0.3 is 17.9 Å². The molecule has 346 valence electrons. The summed E-state index contributed by atoms with van der Waals surface area (Å²) in [4.78, 5) is 37.9. The second kappa shape index (κ2) is 48.8. The van der Waals surface area contributed by atoms with Crippen molar-refractivity contribution in [1.82, 2.24) is 0 Å². The van der Waals surface area contributed by atoms with Crippen LogP contribution in [0.2, 0.25) is 0 Å². The van der Waals surface area contributed by atoms with Gasteiger partial charge in [0, 0.05) is 19.3 Å². The van der Waals surface area contributed by atoms with E-state index in [4.69, 9.17) is 14.2 Å². The fraction of sp³-hybridized carbons (Fsp3) is 0.759. The van der Waals surface area contributed by atoms with Crippen molar-refractivity contribution in [3.8, 4) is 0 Å². The first-order chi connectivity index (χ1) is 29.5.